The molecule has 0 aliphatic heterocycles. The third kappa shape index (κ3) is 3.72. The van der Waals surface area contributed by atoms with Crippen molar-refractivity contribution in [1.82, 2.24) is 4.98 Å². The lowest BCUT2D eigenvalue weighted by molar-refractivity contribution is -0.116. The maximum absolute atomic E-state index is 12.2. The van der Waals surface area contributed by atoms with Crippen molar-refractivity contribution in [2.24, 2.45) is 10.2 Å². The van der Waals surface area contributed by atoms with Crippen LogP contribution in [-0.2, 0) is 14.8 Å². The van der Waals surface area contributed by atoms with Crippen LogP contribution < -0.4 is 4.31 Å². The Morgan fingerprint density at radius 2 is 1.77 bits per heavy atom. The highest BCUT2D eigenvalue weighted by Crippen LogP contribution is 2.35. The molecule has 2 N–H and O–H groups in total. The molecule has 1 heterocycles. The predicted molar refractivity (Wildman–Crippen MR) is 98.1 cm³/mol. The van der Waals surface area contributed by atoms with Crippen LogP contribution in [0.2, 0.25) is 0 Å². The number of amides is 1. The molecule has 1 amide bonds. The Morgan fingerprint density at radius 3 is 2.46 bits per heavy atom. The molecule has 9 heteroatoms. The highest BCUT2D eigenvalue weighted by atomic mass is 32.2. The molecule has 0 radical (unpaired) electrons. The number of nitrogens with one attached hydrogen (secondary N) is 1. The van der Waals surface area contributed by atoms with Crippen molar-refractivity contribution in [2.75, 3.05) is 17.1 Å². The van der Waals surface area contributed by atoms with Gasteiger partial charge in [0, 0.05) is 5.39 Å². The Hall–Kier alpha value is -3.20. The molecular weight excluding hydrogens is 356 g/mol. The number of aromatic amines is 1. The van der Waals surface area contributed by atoms with E-state index in [1.54, 1.807) is 54.6 Å². The first kappa shape index (κ1) is 17.6. The summed E-state index contributed by atoms with van der Waals surface area (Å²) in [4.78, 5) is 14.9. The van der Waals surface area contributed by atoms with Crippen molar-refractivity contribution in [1.29, 1.82) is 0 Å². The summed E-state index contributed by atoms with van der Waals surface area (Å²) in [5, 5.41) is 17.9. The molecule has 0 saturated carbocycles. The number of sulfonamides is 1. The predicted octanol–water partition coefficient (Wildman–Crippen LogP) is 2.95. The monoisotopic (exact) mass is 372 g/mol. The first-order valence-electron chi connectivity index (χ1n) is 7.63. The van der Waals surface area contributed by atoms with E-state index in [2.05, 4.69) is 15.2 Å². The van der Waals surface area contributed by atoms with Crippen LogP contribution in [0, 0.1) is 0 Å². The summed E-state index contributed by atoms with van der Waals surface area (Å²) in [5.41, 5.74) is 1.13. The average molecular weight is 372 g/mol. The van der Waals surface area contributed by atoms with Crippen molar-refractivity contribution in [3.05, 3.63) is 54.6 Å². The van der Waals surface area contributed by atoms with Crippen LogP contribution in [0.25, 0.3) is 10.9 Å². The van der Waals surface area contributed by atoms with Gasteiger partial charge in [0.15, 0.2) is 5.69 Å². The molecule has 0 spiro atoms. The second kappa shape index (κ2) is 6.96. The van der Waals surface area contributed by atoms with E-state index < -0.39 is 22.5 Å². The molecule has 26 heavy (non-hydrogen) atoms. The number of hydrogen-bond acceptors (Lipinski definition) is 5. The zero-order valence-corrected chi connectivity index (χ0v) is 14.6. The maximum Gasteiger partial charge on any atom is 0.285 e. The van der Waals surface area contributed by atoms with E-state index in [-0.39, 0.29) is 11.6 Å². The zero-order chi connectivity index (χ0) is 18.7. The summed E-state index contributed by atoms with van der Waals surface area (Å²) in [7, 11) is -3.67. The molecule has 0 aliphatic carbocycles. The summed E-state index contributed by atoms with van der Waals surface area (Å²) in [6.07, 6.45) is 1.01. The number of aromatic hydroxyl groups is 1. The van der Waals surface area contributed by atoms with Gasteiger partial charge in [-0.3, -0.25) is 9.10 Å². The van der Waals surface area contributed by atoms with Gasteiger partial charge in [-0.1, -0.05) is 36.4 Å². The Balaban J connectivity index is 1.85. The Morgan fingerprint density at radius 1 is 1.12 bits per heavy atom. The van der Waals surface area contributed by atoms with E-state index in [4.69, 9.17) is 0 Å². The average Bonchev–Trinajstić information content (AvgIpc) is 2.93. The number of para-hydroxylation sites is 2. The van der Waals surface area contributed by atoms with E-state index in [9.17, 15) is 18.3 Å². The number of aromatic nitrogens is 1. The highest BCUT2D eigenvalue weighted by molar-refractivity contribution is 7.92. The molecule has 134 valence electrons. The van der Waals surface area contributed by atoms with Crippen LogP contribution >= 0.6 is 0 Å². The van der Waals surface area contributed by atoms with Crippen LogP contribution in [0.3, 0.4) is 0 Å². The number of anilines is 1. The maximum atomic E-state index is 12.2. The number of hydrogen-bond donors (Lipinski definition) is 2. The van der Waals surface area contributed by atoms with Crippen LogP contribution in [0.1, 0.15) is 0 Å². The van der Waals surface area contributed by atoms with E-state index >= 15 is 0 Å². The third-order valence-electron chi connectivity index (χ3n) is 3.64. The molecular formula is C17H16N4O4S. The number of fused-ring (bicyclic) bond motifs is 1. The largest absolute Gasteiger partial charge is 0.493 e. The van der Waals surface area contributed by atoms with Crippen molar-refractivity contribution in [2.45, 2.75) is 0 Å². The number of benzene rings is 2. The summed E-state index contributed by atoms with van der Waals surface area (Å²) >= 11 is 0. The minimum atomic E-state index is -3.67. The number of H-pyrrole nitrogens is 1. The Labute approximate surface area is 149 Å². The summed E-state index contributed by atoms with van der Waals surface area (Å²) in [5.74, 6) is -0.977. The molecule has 0 aliphatic rings. The topological polar surface area (TPSA) is 115 Å². The van der Waals surface area contributed by atoms with Gasteiger partial charge in [0.25, 0.3) is 5.91 Å². The smallest absolute Gasteiger partial charge is 0.285 e. The van der Waals surface area contributed by atoms with Crippen LogP contribution in [-0.4, -0.2) is 37.2 Å². The molecule has 3 rings (SSSR count). The SMILES string of the molecule is CS(=O)(=O)N(CC(=O)N=Nc1c(O)[nH]c2ccccc12)c1ccccc1. The van der Waals surface area contributed by atoms with Crippen molar-refractivity contribution in [3.8, 4) is 5.88 Å². The number of carbonyl (C=O) groups is 1. The molecule has 3 aromatic rings. The lowest BCUT2D eigenvalue weighted by Crippen LogP contribution is -2.34. The third-order valence-corrected chi connectivity index (χ3v) is 4.79. The first-order valence-corrected chi connectivity index (χ1v) is 9.48. The molecule has 2 aromatic carbocycles. The van der Waals surface area contributed by atoms with E-state index in [0.717, 1.165) is 10.6 Å². The lowest BCUT2D eigenvalue weighted by Gasteiger charge is -2.20. The van der Waals surface area contributed by atoms with Gasteiger partial charge in [-0.05, 0) is 18.2 Å². The quantitative estimate of drug-likeness (QED) is 0.670. The molecule has 1 aromatic heterocycles. The summed E-state index contributed by atoms with van der Waals surface area (Å²) in [6, 6.07) is 15.3. The molecule has 0 fully saturated rings. The van der Waals surface area contributed by atoms with Gasteiger partial charge in [0.05, 0.1) is 17.5 Å². The van der Waals surface area contributed by atoms with Gasteiger partial charge in [-0.25, -0.2) is 8.42 Å². The Kier molecular flexibility index (Phi) is 4.72. The van der Waals surface area contributed by atoms with Crippen LogP contribution in [0.4, 0.5) is 11.4 Å². The molecule has 0 atom stereocenters. The minimum absolute atomic E-state index is 0.125. The fourth-order valence-electron chi connectivity index (χ4n) is 2.47. The zero-order valence-electron chi connectivity index (χ0n) is 13.8. The van der Waals surface area contributed by atoms with Crippen molar-refractivity contribution < 1.29 is 18.3 Å². The van der Waals surface area contributed by atoms with Crippen LogP contribution in [0.15, 0.2) is 64.8 Å². The van der Waals surface area contributed by atoms with Gasteiger partial charge < -0.3 is 10.1 Å². The van der Waals surface area contributed by atoms with Gasteiger partial charge in [-0.15, -0.1) is 10.2 Å². The number of azo groups is 1. The van der Waals surface area contributed by atoms with E-state index in [1.165, 1.54) is 0 Å². The van der Waals surface area contributed by atoms with Gasteiger partial charge in [-0.2, -0.15) is 0 Å². The van der Waals surface area contributed by atoms with Crippen molar-refractivity contribution >= 4 is 38.2 Å². The standard InChI is InChI=1S/C17H16N4O4S/c1-26(24,25)21(12-7-3-2-4-8-12)11-15(22)19-20-16-13-9-5-6-10-14(13)18-17(16)23/h2-10,18,23H,11H2,1H3. The second-order valence-electron chi connectivity index (χ2n) is 5.57. The van der Waals surface area contributed by atoms with Gasteiger partial charge >= 0.3 is 0 Å². The summed E-state index contributed by atoms with van der Waals surface area (Å²) in [6.45, 7) is -0.491. The van der Waals surface area contributed by atoms with Gasteiger partial charge in [0.1, 0.15) is 6.54 Å². The highest BCUT2D eigenvalue weighted by Gasteiger charge is 2.20. The molecule has 0 unspecified atom stereocenters. The number of nitrogens with zero attached hydrogens (tertiary/aromatic N) is 3. The van der Waals surface area contributed by atoms with E-state index in [0.29, 0.717) is 16.6 Å². The summed E-state index contributed by atoms with van der Waals surface area (Å²) < 4.78 is 24.9. The van der Waals surface area contributed by atoms with Crippen LogP contribution in [0.5, 0.6) is 5.88 Å². The fraction of sp³-hybridized carbons (Fsp3) is 0.118. The fourth-order valence-corrected chi connectivity index (χ4v) is 3.32. The number of carbonyl (C=O) groups excluding carboxylic acids is 1. The Bertz CT molecular complexity index is 1070. The normalized spacial score (nSPS) is 11.9. The second-order valence-corrected chi connectivity index (χ2v) is 7.47. The van der Waals surface area contributed by atoms with Crippen molar-refractivity contribution in [3.63, 3.8) is 0 Å². The molecule has 0 saturated heterocycles. The molecule has 8 nitrogen and oxygen atoms in total. The number of rotatable bonds is 5. The first-order chi connectivity index (χ1) is 12.4. The minimum Gasteiger partial charge on any atom is -0.493 e. The van der Waals surface area contributed by atoms with Gasteiger partial charge in [0.2, 0.25) is 15.9 Å². The molecule has 0 bridgehead atoms. The van der Waals surface area contributed by atoms with E-state index in [1.807, 2.05) is 0 Å². The lowest BCUT2D eigenvalue weighted by atomic mass is 10.2.